The van der Waals surface area contributed by atoms with Crippen LogP contribution in [-0.2, 0) is 36.9 Å². The SMILES string of the molecule is CCOC(=O)[C@H]1C[C@H]1/C=C\CCCCC[C@H](Nc1ccc(F)cc1)C(=O)N1CC(OC(=O)N2Cc3cccc(F)c3C2)C[C@H]1C(N)=O. The molecule has 5 atom stereocenters. The van der Waals surface area contributed by atoms with Crippen LogP contribution >= 0.6 is 0 Å². The molecule has 5 rings (SSSR count). The van der Waals surface area contributed by atoms with Crippen LogP contribution in [0.4, 0.5) is 19.3 Å². The number of anilines is 1. The fraction of sp³-hybridized carbons (Fsp3) is 0.486. The van der Waals surface area contributed by atoms with E-state index in [0.717, 1.165) is 25.7 Å². The molecule has 0 bridgehead atoms. The number of hydrogen-bond acceptors (Lipinski definition) is 7. The minimum atomic E-state index is -0.975. The van der Waals surface area contributed by atoms with Gasteiger partial charge in [0.2, 0.25) is 11.8 Å². The van der Waals surface area contributed by atoms with Crippen LogP contribution in [0.3, 0.4) is 0 Å². The van der Waals surface area contributed by atoms with Crippen LogP contribution in [0.5, 0.6) is 0 Å². The average Bonchev–Trinajstić information content (AvgIpc) is 3.47. The Kier molecular flexibility index (Phi) is 11.1. The Morgan fingerprint density at radius 3 is 2.55 bits per heavy atom. The van der Waals surface area contributed by atoms with Gasteiger partial charge in [0.05, 0.1) is 25.6 Å². The maximum Gasteiger partial charge on any atom is 0.410 e. The fourth-order valence-corrected chi connectivity index (χ4v) is 6.33. The number of likely N-dealkylation sites (tertiary alicyclic amines) is 1. The Labute approximate surface area is 273 Å². The van der Waals surface area contributed by atoms with E-state index in [-0.39, 0.29) is 55.6 Å². The average molecular weight is 653 g/mol. The van der Waals surface area contributed by atoms with Crippen molar-refractivity contribution in [3.05, 3.63) is 77.4 Å². The molecule has 2 aromatic rings. The third-order valence-corrected chi connectivity index (χ3v) is 8.99. The molecule has 1 unspecified atom stereocenters. The summed E-state index contributed by atoms with van der Waals surface area (Å²) in [6.45, 7) is 2.44. The maximum absolute atomic E-state index is 14.2. The minimum absolute atomic E-state index is 0.0202. The zero-order valence-electron chi connectivity index (χ0n) is 26.5. The third kappa shape index (κ3) is 8.66. The molecule has 3 amide bonds. The lowest BCUT2D eigenvalue weighted by atomic mass is 10.0. The Morgan fingerprint density at radius 2 is 1.83 bits per heavy atom. The molecule has 0 radical (unpaired) electrons. The van der Waals surface area contributed by atoms with Crippen molar-refractivity contribution in [2.75, 3.05) is 18.5 Å². The van der Waals surface area contributed by atoms with Gasteiger partial charge in [-0.25, -0.2) is 13.6 Å². The zero-order valence-corrected chi connectivity index (χ0v) is 26.5. The summed E-state index contributed by atoms with van der Waals surface area (Å²) in [7, 11) is 0. The summed E-state index contributed by atoms with van der Waals surface area (Å²) in [4.78, 5) is 53.9. The predicted molar refractivity (Wildman–Crippen MR) is 169 cm³/mol. The molecule has 1 aliphatic carbocycles. The van der Waals surface area contributed by atoms with Gasteiger partial charge in [-0.2, -0.15) is 0 Å². The van der Waals surface area contributed by atoms with Gasteiger partial charge in [-0.05, 0) is 74.4 Å². The van der Waals surface area contributed by atoms with Crippen molar-refractivity contribution >= 4 is 29.6 Å². The van der Waals surface area contributed by atoms with E-state index in [2.05, 4.69) is 17.5 Å². The van der Waals surface area contributed by atoms with Crippen molar-refractivity contribution < 1.29 is 37.4 Å². The number of carbonyl (C=O) groups is 4. The van der Waals surface area contributed by atoms with Gasteiger partial charge in [0, 0.05) is 24.2 Å². The highest BCUT2D eigenvalue weighted by Crippen LogP contribution is 2.40. The molecule has 2 fully saturated rings. The number of rotatable bonds is 14. The predicted octanol–water partition coefficient (Wildman–Crippen LogP) is 5.06. The number of fused-ring (bicyclic) bond motifs is 1. The van der Waals surface area contributed by atoms with Crippen LogP contribution in [0.2, 0.25) is 0 Å². The summed E-state index contributed by atoms with van der Waals surface area (Å²) < 4.78 is 38.5. The monoisotopic (exact) mass is 652 g/mol. The molecule has 10 nitrogen and oxygen atoms in total. The Bertz CT molecular complexity index is 1480. The molecule has 1 saturated carbocycles. The van der Waals surface area contributed by atoms with E-state index in [4.69, 9.17) is 15.2 Å². The van der Waals surface area contributed by atoms with E-state index in [9.17, 15) is 28.0 Å². The van der Waals surface area contributed by atoms with Gasteiger partial charge in [0.25, 0.3) is 0 Å². The number of allylic oxidation sites excluding steroid dienone is 2. The zero-order chi connectivity index (χ0) is 33.5. The second-order valence-electron chi connectivity index (χ2n) is 12.4. The number of hydrogen-bond donors (Lipinski definition) is 2. The summed E-state index contributed by atoms with van der Waals surface area (Å²) in [6.07, 6.45) is 7.32. The number of amides is 3. The quantitative estimate of drug-likeness (QED) is 0.166. The number of esters is 1. The number of nitrogens with one attached hydrogen (secondary N) is 1. The standard InChI is InChI=1S/C35H42F2N4O6/c1-2-46-34(44)27-17-22(27)9-6-4-3-5-7-12-30(39-25-15-13-24(36)14-16-25)33(43)41-20-26(18-31(41)32(38)42)47-35(45)40-19-23-10-8-11-29(37)28(23)21-40/h6,8-11,13-16,22,26-27,30-31,39H,2-5,7,12,17-21H2,1H3,(H2,38,42)/b9-6-/t22-,26?,27+,30+,31+/m1/s1. The van der Waals surface area contributed by atoms with Crippen LogP contribution in [-0.4, -0.2) is 65.0 Å². The summed E-state index contributed by atoms with van der Waals surface area (Å²) >= 11 is 0. The van der Waals surface area contributed by atoms with Crippen LogP contribution in [0.1, 0.15) is 63.0 Å². The first-order chi connectivity index (χ1) is 22.6. The van der Waals surface area contributed by atoms with Gasteiger partial charge in [0.1, 0.15) is 29.8 Å². The van der Waals surface area contributed by atoms with Crippen molar-refractivity contribution in [1.29, 1.82) is 0 Å². The minimum Gasteiger partial charge on any atom is -0.466 e. The van der Waals surface area contributed by atoms with Crippen LogP contribution in [0, 0.1) is 23.5 Å². The number of benzene rings is 2. The van der Waals surface area contributed by atoms with Crippen LogP contribution in [0.25, 0.3) is 0 Å². The maximum atomic E-state index is 14.2. The molecule has 3 aliphatic rings. The lowest BCUT2D eigenvalue weighted by Gasteiger charge is -2.28. The van der Waals surface area contributed by atoms with E-state index >= 15 is 0 Å². The number of unbranched alkanes of at least 4 members (excludes halogenated alkanes) is 3. The smallest absolute Gasteiger partial charge is 0.410 e. The Hall–Kier alpha value is -4.48. The van der Waals surface area contributed by atoms with Gasteiger partial charge in [-0.1, -0.05) is 37.1 Å². The number of ether oxygens (including phenoxy) is 2. The van der Waals surface area contributed by atoms with Gasteiger partial charge < -0.3 is 25.4 Å². The number of halogens is 2. The van der Waals surface area contributed by atoms with Crippen molar-refractivity contribution in [1.82, 2.24) is 9.80 Å². The Morgan fingerprint density at radius 1 is 1.04 bits per heavy atom. The fourth-order valence-electron chi connectivity index (χ4n) is 6.33. The first-order valence-electron chi connectivity index (χ1n) is 16.3. The highest BCUT2D eigenvalue weighted by molar-refractivity contribution is 5.91. The lowest BCUT2D eigenvalue weighted by molar-refractivity contribution is -0.144. The first-order valence-corrected chi connectivity index (χ1v) is 16.3. The molecule has 1 saturated heterocycles. The van der Waals surface area contributed by atoms with Crippen molar-refractivity contribution in [3.8, 4) is 0 Å². The van der Waals surface area contributed by atoms with E-state index in [0.29, 0.717) is 36.3 Å². The van der Waals surface area contributed by atoms with E-state index in [1.54, 1.807) is 31.2 Å². The van der Waals surface area contributed by atoms with Gasteiger partial charge >= 0.3 is 12.1 Å². The second-order valence-corrected chi connectivity index (χ2v) is 12.4. The number of nitrogens with two attached hydrogens (primary N) is 1. The van der Waals surface area contributed by atoms with Crippen molar-refractivity contribution in [3.63, 3.8) is 0 Å². The van der Waals surface area contributed by atoms with Crippen molar-refractivity contribution in [2.24, 2.45) is 17.6 Å². The molecule has 0 aromatic heterocycles. The second kappa shape index (κ2) is 15.4. The first kappa shape index (κ1) is 33.9. The van der Waals surface area contributed by atoms with E-state index in [1.165, 1.54) is 28.0 Å². The molecule has 47 heavy (non-hydrogen) atoms. The van der Waals surface area contributed by atoms with E-state index < -0.39 is 36.0 Å². The van der Waals surface area contributed by atoms with Crippen molar-refractivity contribution in [2.45, 2.75) is 83.1 Å². The van der Waals surface area contributed by atoms with Gasteiger partial charge in [0.15, 0.2) is 0 Å². The summed E-state index contributed by atoms with van der Waals surface area (Å²) in [5.41, 5.74) is 7.40. The summed E-state index contributed by atoms with van der Waals surface area (Å²) in [5.74, 6) is -1.80. The topological polar surface area (TPSA) is 131 Å². The van der Waals surface area contributed by atoms with Gasteiger partial charge in [-0.15, -0.1) is 0 Å². The number of primary amides is 1. The Balaban J connectivity index is 1.16. The summed E-state index contributed by atoms with van der Waals surface area (Å²) in [6, 6.07) is 8.65. The third-order valence-electron chi connectivity index (χ3n) is 8.99. The van der Waals surface area contributed by atoms with Gasteiger partial charge in [-0.3, -0.25) is 19.3 Å². The van der Waals surface area contributed by atoms with E-state index in [1.807, 2.05) is 0 Å². The highest BCUT2D eigenvalue weighted by atomic mass is 19.1. The molecule has 252 valence electrons. The van der Waals surface area contributed by atoms with Crippen LogP contribution in [0.15, 0.2) is 54.6 Å². The molecule has 3 N–H and O–H groups in total. The highest BCUT2D eigenvalue weighted by Gasteiger charge is 2.44. The number of nitrogens with zero attached hydrogens (tertiary/aromatic N) is 2. The molecule has 12 heteroatoms. The molecular formula is C35H42F2N4O6. The molecule has 2 aliphatic heterocycles. The largest absolute Gasteiger partial charge is 0.466 e. The molecule has 2 aromatic carbocycles. The normalized spacial score (nSPS) is 22.2. The molecule has 2 heterocycles. The molecule has 0 spiro atoms. The molecular weight excluding hydrogens is 610 g/mol. The summed E-state index contributed by atoms with van der Waals surface area (Å²) in [5, 5.41) is 3.19. The number of carbonyl (C=O) groups excluding carboxylic acids is 4. The van der Waals surface area contributed by atoms with Crippen LogP contribution < -0.4 is 11.1 Å². The lowest BCUT2D eigenvalue weighted by Crippen LogP contribution is -2.49.